The lowest BCUT2D eigenvalue weighted by molar-refractivity contribution is -0.185. The average Bonchev–Trinajstić information content (AvgIpc) is 3.17. The Bertz CT molecular complexity index is 1530. The molecule has 1 aliphatic heterocycles. The van der Waals surface area contributed by atoms with E-state index < -0.39 is 41.7 Å². The van der Waals surface area contributed by atoms with E-state index in [0.29, 0.717) is 17.2 Å². The van der Waals surface area contributed by atoms with E-state index in [-0.39, 0.29) is 23.2 Å². The maximum atomic E-state index is 14.3. The van der Waals surface area contributed by atoms with Crippen molar-refractivity contribution in [2.24, 2.45) is 0 Å². The Morgan fingerprint density at radius 1 is 0.857 bits per heavy atom. The summed E-state index contributed by atoms with van der Waals surface area (Å²) in [6.45, 7) is 0.0509. The van der Waals surface area contributed by atoms with Crippen LogP contribution in [-0.2, 0) is 32.3 Å². The topological polar surface area (TPSA) is 121 Å². The van der Waals surface area contributed by atoms with Gasteiger partial charge in [0.25, 0.3) is 20.2 Å². The Morgan fingerprint density at radius 2 is 1.51 bits per heavy atom. The molecule has 0 fully saturated rings. The first kappa shape index (κ1) is 25.1. The monoisotopic (exact) mass is 525 g/mol. The normalized spacial score (nSPS) is 18.7. The maximum absolute atomic E-state index is 14.3. The fraction of sp³-hybridized carbons (Fsp3) is 0.130. The molecule has 0 saturated carbocycles. The molecule has 0 radical (unpaired) electrons. The van der Waals surface area contributed by atoms with Crippen LogP contribution >= 0.6 is 0 Å². The van der Waals surface area contributed by atoms with E-state index in [2.05, 4.69) is 5.32 Å². The molecule has 1 aliphatic rings. The van der Waals surface area contributed by atoms with Crippen LogP contribution in [0.5, 0.6) is 0 Å². The molecule has 184 valence electrons. The Morgan fingerprint density at radius 3 is 2.11 bits per heavy atom. The van der Waals surface area contributed by atoms with Gasteiger partial charge in [-0.1, -0.05) is 66.7 Å². The van der Waals surface area contributed by atoms with Gasteiger partial charge in [0.15, 0.2) is 5.54 Å². The highest BCUT2D eigenvalue weighted by atomic mass is 32.2. The fourth-order valence-electron chi connectivity index (χ4n) is 4.10. The van der Waals surface area contributed by atoms with Crippen molar-refractivity contribution >= 4 is 32.4 Å². The summed E-state index contributed by atoms with van der Waals surface area (Å²) in [5.74, 6) is 0. The third kappa shape index (κ3) is 4.62. The zero-order chi connectivity index (χ0) is 25.6. The Labute approximate surface area is 199 Å². The van der Waals surface area contributed by atoms with Crippen LogP contribution in [0.2, 0.25) is 0 Å². The molecule has 0 amide bonds. The number of alkyl halides is 3. The van der Waals surface area contributed by atoms with E-state index in [1.54, 1.807) is 18.2 Å². The Hall–Kier alpha value is -3.03. The van der Waals surface area contributed by atoms with Crippen LogP contribution in [-0.4, -0.2) is 32.1 Å². The van der Waals surface area contributed by atoms with E-state index >= 15 is 0 Å². The molecule has 0 aromatic heterocycles. The molecule has 1 unspecified atom stereocenters. The van der Waals surface area contributed by atoms with Gasteiger partial charge in [-0.05, 0) is 39.9 Å². The largest absolute Gasteiger partial charge is 0.415 e. The quantitative estimate of drug-likeness (QED) is 0.336. The van der Waals surface area contributed by atoms with Crippen LogP contribution in [0.3, 0.4) is 0 Å². The number of nitrogens with one attached hydrogen (secondary N) is 1. The van der Waals surface area contributed by atoms with Gasteiger partial charge in [-0.3, -0.25) is 14.4 Å². The van der Waals surface area contributed by atoms with Crippen LogP contribution < -0.4 is 5.32 Å². The SMILES string of the molecule is O=S(=O)(O)c1ccc(C=Cc2ccc(C3(C(F)(F)F)NCc4ccccc43)cc2)c(S(=O)(=O)O)c1. The molecular weight excluding hydrogens is 507 g/mol. The van der Waals surface area contributed by atoms with E-state index in [9.17, 15) is 34.6 Å². The predicted octanol–water partition coefficient (Wildman–Crippen LogP) is 4.26. The summed E-state index contributed by atoms with van der Waals surface area (Å²) in [5.41, 5.74) is -1.43. The minimum absolute atomic E-state index is 0.0248. The van der Waals surface area contributed by atoms with Crippen molar-refractivity contribution in [2.45, 2.75) is 28.1 Å². The lowest BCUT2D eigenvalue weighted by atomic mass is 9.82. The minimum Gasteiger partial charge on any atom is -0.292 e. The van der Waals surface area contributed by atoms with E-state index in [0.717, 1.165) is 12.1 Å². The first-order valence-electron chi connectivity index (χ1n) is 10.0. The highest BCUT2D eigenvalue weighted by Crippen LogP contribution is 2.48. The summed E-state index contributed by atoms with van der Waals surface area (Å²) < 4.78 is 107. The van der Waals surface area contributed by atoms with Gasteiger partial charge in [-0.15, -0.1) is 0 Å². The minimum atomic E-state index is -4.85. The maximum Gasteiger partial charge on any atom is 0.415 e. The highest BCUT2D eigenvalue weighted by molar-refractivity contribution is 7.86. The van der Waals surface area contributed by atoms with Crippen molar-refractivity contribution in [3.8, 4) is 0 Å². The summed E-state index contributed by atoms with van der Waals surface area (Å²) >= 11 is 0. The molecular formula is C23H18F3NO6S2. The third-order valence-corrected chi connectivity index (χ3v) is 7.51. The molecule has 3 N–H and O–H groups in total. The molecule has 1 heterocycles. The van der Waals surface area contributed by atoms with Gasteiger partial charge in [-0.2, -0.15) is 30.0 Å². The lowest BCUT2D eigenvalue weighted by Crippen LogP contribution is -2.51. The van der Waals surface area contributed by atoms with E-state index in [4.69, 9.17) is 4.55 Å². The number of fused-ring (bicyclic) bond motifs is 1. The molecule has 0 aliphatic carbocycles. The first-order valence-corrected chi connectivity index (χ1v) is 12.9. The lowest BCUT2D eigenvalue weighted by Gasteiger charge is -2.33. The van der Waals surface area contributed by atoms with Crippen molar-refractivity contribution < 1.29 is 39.1 Å². The van der Waals surface area contributed by atoms with Crippen LogP contribution in [0.1, 0.15) is 27.8 Å². The van der Waals surface area contributed by atoms with E-state index in [1.165, 1.54) is 42.5 Å². The van der Waals surface area contributed by atoms with Crippen molar-refractivity contribution in [2.75, 3.05) is 0 Å². The van der Waals surface area contributed by atoms with Crippen LogP contribution in [0, 0.1) is 0 Å². The van der Waals surface area contributed by atoms with Crippen LogP contribution in [0.4, 0.5) is 13.2 Å². The van der Waals surface area contributed by atoms with Gasteiger partial charge < -0.3 is 0 Å². The number of hydrogen-bond donors (Lipinski definition) is 3. The van der Waals surface area contributed by atoms with Crippen LogP contribution in [0.25, 0.3) is 12.2 Å². The molecule has 0 saturated heterocycles. The first-order chi connectivity index (χ1) is 16.2. The molecule has 1 atom stereocenters. The summed E-state index contributed by atoms with van der Waals surface area (Å²) in [6.07, 6.45) is -2.00. The summed E-state index contributed by atoms with van der Waals surface area (Å²) in [6, 6.07) is 14.4. The third-order valence-electron chi connectivity index (χ3n) is 5.75. The van der Waals surface area contributed by atoms with Gasteiger partial charge in [0.2, 0.25) is 0 Å². The number of hydrogen-bond acceptors (Lipinski definition) is 5. The summed E-state index contributed by atoms with van der Waals surface area (Å²) in [4.78, 5) is -1.49. The predicted molar refractivity (Wildman–Crippen MR) is 122 cm³/mol. The second-order valence-corrected chi connectivity index (χ2v) is 10.7. The van der Waals surface area contributed by atoms with Crippen molar-refractivity contribution in [3.63, 3.8) is 0 Å². The van der Waals surface area contributed by atoms with Gasteiger partial charge in [0, 0.05) is 6.54 Å². The zero-order valence-corrected chi connectivity index (χ0v) is 19.3. The van der Waals surface area contributed by atoms with Crippen LogP contribution in [0.15, 0.2) is 76.5 Å². The fourth-order valence-corrected chi connectivity index (χ4v) is 5.40. The summed E-state index contributed by atoms with van der Waals surface area (Å²) in [7, 11) is -9.57. The molecule has 3 aromatic carbocycles. The molecule has 35 heavy (non-hydrogen) atoms. The van der Waals surface area contributed by atoms with Crippen molar-refractivity contribution in [1.82, 2.24) is 5.32 Å². The average molecular weight is 526 g/mol. The van der Waals surface area contributed by atoms with Crippen molar-refractivity contribution in [1.29, 1.82) is 0 Å². The van der Waals surface area contributed by atoms with Crippen molar-refractivity contribution in [3.05, 3.63) is 94.5 Å². The van der Waals surface area contributed by atoms with Gasteiger partial charge >= 0.3 is 6.18 Å². The van der Waals surface area contributed by atoms with E-state index in [1.807, 2.05) is 0 Å². The Kier molecular flexibility index (Phi) is 6.14. The number of halogens is 3. The van der Waals surface area contributed by atoms with Gasteiger partial charge in [-0.25, -0.2) is 0 Å². The number of rotatable bonds is 5. The smallest absolute Gasteiger partial charge is 0.292 e. The number of benzene rings is 3. The molecule has 3 aromatic rings. The molecule has 7 nitrogen and oxygen atoms in total. The molecule has 0 bridgehead atoms. The molecule has 12 heteroatoms. The summed E-state index contributed by atoms with van der Waals surface area (Å²) in [5, 5.41) is 2.60. The highest BCUT2D eigenvalue weighted by Gasteiger charge is 2.59. The van der Waals surface area contributed by atoms with Gasteiger partial charge in [0.1, 0.15) is 4.90 Å². The molecule has 4 rings (SSSR count). The second-order valence-electron chi connectivity index (χ2n) is 7.86. The Balaban J connectivity index is 1.71. The van der Waals surface area contributed by atoms with Gasteiger partial charge in [0.05, 0.1) is 4.90 Å². The zero-order valence-electron chi connectivity index (χ0n) is 17.7. The standard InChI is InChI=1S/C23H18F3NO6S2/c24-23(25,26)22(20-4-2-1-3-17(20)14-27-22)18-10-6-15(7-11-18)5-8-16-9-12-19(34(28,29)30)13-21(16)35(31,32)33/h1-13,27H,14H2,(H,28,29,30)(H,31,32,33). The molecule has 0 spiro atoms. The second kappa shape index (κ2) is 8.57.